The van der Waals surface area contributed by atoms with Gasteiger partial charge in [-0.05, 0) is 51.0 Å². The van der Waals surface area contributed by atoms with Crippen LogP contribution in [0.1, 0.15) is 18.4 Å². The minimum absolute atomic E-state index is 0.590. The summed E-state index contributed by atoms with van der Waals surface area (Å²) in [6.45, 7) is 3.06. The van der Waals surface area contributed by atoms with Gasteiger partial charge in [0.15, 0.2) is 0 Å². The van der Waals surface area contributed by atoms with Gasteiger partial charge >= 0.3 is 0 Å². The lowest BCUT2D eigenvalue weighted by atomic mass is 9.98. The summed E-state index contributed by atoms with van der Waals surface area (Å²) in [6, 6.07) is 5.92. The Hall–Kier alpha value is -2.06. The number of ether oxygens (including phenoxy) is 1. The molecular weight excluding hydrogens is 252 g/mol. The summed E-state index contributed by atoms with van der Waals surface area (Å²) in [5, 5.41) is 13.1. The van der Waals surface area contributed by atoms with Crippen LogP contribution < -0.4 is 4.74 Å². The molecule has 104 valence electrons. The molecule has 5 nitrogen and oxygen atoms in total. The van der Waals surface area contributed by atoms with Gasteiger partial charge in [0, 0.05) is 0 Å². The number of fused-ring (bicyclic) bond motifs is 1. The van der Waals surface area contributed by atoms with Crippen LogP contribution in [0, 0.1) is 17.2 Å². The van der Waals surface area contributed by atoms with Crippen LogP contribution in [0.2, 0.25) is 0 Å². The Balaban J connectivity index is 1.65. The molecular formula is C15H18N4O. The first-order valence-electron chi connectivity index (χ1n) is 6.95. The number of nitriles is 1. The normalized spacial score (nSPS) is 17.2. The number of likely N-dealkylation sites (tertiary alicyclic amines) is 1. The molecule has 1 fully saturated rings. The van der Waals surface area contributed by atoms with Crippen molar-refractivity contribution in [2.24, 2.45) is 5.92 Å². The van der Waals surface area contributed by atoms with Gasteiger partial charge in [0.2, 0.25) is 0 Å². The van der Waals surface area contributed by atoms with Crippen molar-refractivity contribution in [3.8, 4) is 11.8 Å². The summed E-state index contributed by atoms with van der Waals surface area (Å²) in [4.78, 5) is 2.36. The van der Waals surface area contributed by atoms with Crippen LogP contribution in [0.5, 0.6) is 5.75 Å². The van der Waals surface area contributed by atoms with Gasteiger partial charge in [-0.15, -0.1) is 0 Å². The average molecular weight is 270 g/mol. The zero-order valence-corrected chi connectivity index (χ0v) is 11.6. The molecule has 20 heavy (non-hydrogen) atoms. The number of hydrogen-bond acceptors (Lipinski definition) is 4. The summed E-state index contributed by atoms with van der Waals surface area (Å²) in [5.41, 5.74) is 1.41. The van der Waals surface area contributed by atoms with Crippen molar-refractivity contribution in [2.75, 3.05) is 26.7 Å². The molecule has 1 saturated heterocycles. The van der Waals surface area contributed by atoms with E-state index < -0.39 is 0 Å². The third-order valence-electron chi connectivity index (χ3n) is 3.93. The maximum absolute atomic E-state index is 8.95. The van der Waals surface area contributed by atoms with Crippen LogP contribution in [-0.2, 0) is 0 Å². The van der Waals surface area contributed by atoms with Crippen molar-refractivity contribution in [1.29, 1.82) is 5.26 Å². The van der Waals surface area contributed by atoms with Crippen molar-refractivity contribution in [1.82, 2.24) is 14.5 Å². The highest BCUT2D eigenvalue weighted by atomic mass is 16.5. The zero-order valence-electron chi connectivity index (χ0n) is 11.6. The molecule has 0 radical (unpaired) electrons. The van der Waals surface area contributed by atoms with E-state index in [1.807, 2.05) is 18.3 Å². The lowest BCUT2D eigenvalue weighted by Crippen LogP contribution is -2.32. The van der Waals surface area contributed by atoms with Crippen molar-refractivity contribution in [2.45, 2.75) is 12.8 Å². The summed E-state index contributed by atoms with van der Waals surface area (Å²) >= 11 is 0. The Bertz CT molecular complexity index is 635. The van der Waals surface area contributed by atoms with Gasteiger partial charge in [-0.1, -0.05) is 0 Å². The molecule has 0 N–H and O–H groups in total. The molecule has 3 heterocycles. The van der Waals surface area contributed by atoms with Crippen molar-refractivity contribution < 1.29 is 4.74 Å². The fourth-order valence-electron chi connectivity index (χ4n) is 2.58. The number of nitrogens with zero attached hydrogens (tertiary/aromatic N) is 4. The maximum Gasteiger partial charge on any atom is 0.137 e. The highest BCUT2D eigenvalue weighted by Crippen LogP contribution is 2.20. The van der Waals surface area contributed by atoms with E-state index in [2.05, 4.69) is 23.1 Å². The lowest BCUT2D eigenvalue weighted by molar-refractivity contribution is 0.159. The number of aromatic nitrogens is 2. The van der Waals surface area contributed by atoms with Crippen LogP contribution >= 0.6 is 0 Å². The third kappa shape index (κ3) is 2.61. The van der Waals surface area contributed by atoms with E-state index in [0.717, 1.165) is 31.0 Å². The molecule has 0 saturated carbocycles. The van der Waals surface area contributed by atoms with Crippen molar-refractivity contribution in [3.63, 3.8) is 0 Å². The van der Waals surface area contributed by atoms with E-state index in [0.29, 0.717) is 11.5 Å². The number of hydrogen-bond donors (Lipinski definition) is 0. The average Bonchev–Trinajstić information content (AvgIpc) is 2.89. The first-order chi connectivity index (χ1) is 9.76. The van der Waals surface area contributed by atoms with Crippen molar-refractivity contribution >= 4 is 5.52 Å². The molecule has 0 aromatic carbocycles. The third-order valence-corrected chi connectivity index (χ3v) is 3.93. The molecule has 0 aliphatic carbocycles. The van der Waals surface area contributed by atoms with Gasteiger partial charge in [0.05, 0.1) is 30.1 Å². The van der Waals surface area contributed by atoms with E-state index in [4.69, 9.17) is 10.00 Å². The number of pyridine rings is 1. The van der Waals surface area contributed by atoms with Gasteiger partial charge in [0.1, 0.15) is 11.8 Å². The Kier molecular flexibility index (Phi) is 3.57. The van der Waals surface area contributed by atoms with E-state index in [-0.39, 0.29) is 0 Å². The van der Waals surface area contributed by atoms with E-state index >= 15 is 0 Å². The quantitative estimate of drug-likeness (QED) is 0.855. The molecule has 2 aromatic rings. The molecule has 1 aliphatic heterocycles. The molecule has 0 spiro atoms. The summed E-state index contributed by atoms with van der Waals surface area (Å²) < 4.78 is 7.57. The topological polar surface area (TPSA) is 53.6 Å². The van der Waals surface area contributed by atoms with Gasteiger partial charge in [-0.2, -0.15) is 10.4 Å². The number of rotatable bonds is 3. The monoisotopic (exact) mass is 270 g/mol. The Morgan fingerprint density at radius 1 is 1.40 bits per heavy atom. The highest BCUT2D eigenvalue weighted by Gasteiger charge is 2.17. The van der Waals surface area contributed by atoms with Crippen LogP contribution in [-0.4, -0.2) is 41.3 Å². The molecule has 0 unspecified atom stereocenters. The molecule has 2 aromatic heterocycles. The van der Waals surface area contributed by atoms with Crippen LogP contribution in [0.3, 0.4) is 0 Å². The largest absolute Gasteiger partial charge is 0.492 e. The fraction of sp³-hybridized carbons (Fsp3) is 0.467. The minimum Gasteiger partial charge on any atom is -0.492 e. The standard InChI is InChI=1S/C15H18N4O/c1-18-6-4-12(5-7-18)11-20-14-2-3-15-13(8-16)9-17-19(15)10-14/h2-3,9-10,12H,4-7,11H2,1H3. The second-order valence-electron chi connectivity index (χ2n) is 5.42. The molecule has 5 heteroatoms. The van der Waals surface area contributed by atoms with Gasteiger partial charge in [-0.3, -0.25) is 0 Å². The van der Waals surface area contributed by atoms with Crippen LogP contribution in [0.4, 0.5) is 0 Å². The van der Waals surface area contributed by atoms with Gasteiger partial charge < -0.3 is 9.64 Å². The molecule has 0 amide bonds. The predicted octanol–water partition coefficient (Wildman–Crippen LogP) is 1.93. The SMILES string of the molecule is CN1CCC(COc2ccc3c(C#N)cnn3c2)CC1. The van der Waals surface area contributed by atoms with E-state index in [1.54, 1.807) is 10.7 Å². The smallest absolute Gasteiger partial charge is 0.137 e. The van der Waals surface area contributed by atoms with Crippen LogP contribution in [0.15, 0.2) is 24.5 Å². The lowest BCUT2D eigenvalue weighted by Gasteiger charge is -2.28. The second kappa shape index (κ2) is 5.51. The maximum atomic E-state index is 8.95. The molecule has 0 bridgehead atoms. The summed E-state index contributed by atoms with van der Waals surface area (Å²) in [7, 11) is 2.16. The number of piperidine rings is 1. The summed E-state index contributed by atoms with van der Waals surface area (Å²) in [5.74, 6) is 1.44. The molecule has 3 rings (SSSR count). The first-order valence-corrected chi connectivity index (χ1v) is 6.95. The Morgan fingerprint density at radius 2 is 2.20 bits per heavy atom. The molecule has 1 aliphatic rings. The zero-order chi connectivity index (χ0) is 13.9. The van der Waals surface area contributed by atoms with Gasteiger partial charge in [-0.25, -0.2) is 4.52 Å². The predicted molar refractivity (Wildman–Crippen MR) is 75.6 cm³/mol. The Labute approximate surface area is 118 Å². The van der Waals surface area contributed by atoms with E-state index in [9.17, 15) is 0 Å². The fourth-order valence-corrected chi connectivity index (χ4v) is 2.58. The highest BCUT2D eigenvalue weighted by molar-refractivity contribution is 5.60. The second-order valence-corrected chi connectivity index (χ2v) is 5.42. The molecule has 0 atom stereocenters. The minimum atomic E-state index is 0.590. The van der Waals surface area contributed by atoms with Crippen LogP contribution in [0.25, 0.3) is 5.52 Å². The first kappa shape index (κ1) is 12.9. The van der Waals surface area contributed by atoms with Crippen molar-refractivity contribution in [3.05, 3.63) is 30.1 Å². The summed E-state index contributed by atoms with van der Waals surface area (Å²) in [6.07, 6.45) is 5.80. The Morgan fingerprint density at radius 3 is 2.95 bits per heavy atom. The van der Waals surface area contributed by atoms with Gasteiger partial charge in [0.25, 0.3) is 0 Å². The van der Waals surface area contributed by atoms with E-state index in [1.165, 1.54) is 12.8 Å².